The minimum absolute atomic E-state index is 0.492. The van der Waals surface area contributed by atoms with E-state index in [1.54, 1.807) is 0 Å². The molecule has 3 rings (SSSR count). The standard InChI is InChI=1S/C19H29NO.C3H6O/c1-15-12-13-20(2)19(15)14-21-18-10-8-17(9-11-18)16-6-4-3-5-7-16;1-2-3-4/h3-7,15,17-19H,8-14H2,1-2H3;3H,2H2,1H3. The van der Waals surface area contributed by atoms with Crippen LogP contribution in [0.5, 0.6) is 0 Å². The maximum Gasteiger partial charge on any atom is 0.119 e. The Morgan fingerprint density at radius 3 is 2.28 bits per heavy atom. The Morgan fingerprint density at radius 2 is 1.76 bits per heavy atom. The molecule has 0 radical (unpaired) electrons. The first kappa shape index (κ1) is 20.1. The summed E-state index contributed by atoms with van der Waals surface area (Å²) >= 11 is 0. The summed E-state index contributed by atoms with van der Waals surface area (Å²) in [4.78, 5) is 11.6. The van der Waals surface area contributed by atoms with Gasteiger partial charge in [-0.3, -0.25) is 0 Å². The number of ether oxygens (including phenoxy) is 1. The van der Waals surface area contributed by atoms with Crippen molar-refractivity contribution < 1.29 is 9.53 Å². The number of hydrogen-bond acceptors (Lipinski definition) is 3. The number of aldehydes is 1. The average Bonchev–Trinajstić information content (AvgIpc) is 2.99. The zero-order chi connectivity index (χ0) is 18.1. The van der Waals surface area contributed by atoms with Crippen LogP contribution in [-0.2, 0) is 9.53 Å². The van der Waals surface area contributed by atoms with Gasteiger partial charge in [-0.2, -0.15) is 0 Å². The molecule has 2 atom stereocenters. The Labute approximate surface area is 153 Å². The van der Waals surface area contributed by atoms with Gasteiger partial charge in [0.15, 0.2) is 0 Å². The van der Waals surface area contributed by atoms with Crippen LogP contribution in [0.2, 0.25) is 0 Å². The number of hydrogen-bond donors (Lipinski definition) is 0. The Kier molecular flexibility index (Phi) is 8.63. The highest BCUT2D eigenvalue weighted by Gasteiger charge is 2.30. The molecule has 1 saturated carbocycles. The van der Waals surface area contributed by atoms with Crippen LogP contribution in [0.25, 0.3) is 0 Å². The second kappa shape index (κ2) is 10.7. The highest BCUT2D eigenvalue weighted by molar-refractivity contribution is 5.48. The van der Waals surface area contributed by atoms with Crippen LogP contribution < -0.4 is 0 Å². The van der Waals surface area contributed by atoms with Crippen LogP contribution in [0.1, 0.15) is 63.9 Å². The quantitative estimate of drug-likeness (QED) is 0.727. The average molecular weight is 346 g/mol. The van der Waals surface area contributed by atoms with E-state index >= 15 is 0 Å². The van der Waals surface area contributed by atoms with Crippen LogP contribution >= 0.6 is 0 Å². The fraction of sp³-hybridized carbons (Fsp3) is 0.682. The lowest BCUT2D eigenvalue weighted by Gasteiger charge is -2.31. The van der Waals surface area contributed by atoms with E-state index in [-0.39, 0.29) is 0 Å². The lowest BCUT2D eigenvalue weighted by atomic mass is 9.83. The van der Waals surface area contributed by atoms with Gasteiger partial charge in [0.2, 0.25) is 0 Å². The maximum atomic E-state index is 9.17. The molecule has 140 valence electrons. The topological polar surface area (TPSA) is 29.5 Å². The predicted octanol–water partition coefficient (Wildman–Crippen LogP) is 4.66. The molecule has 1 aromatic rings. The molecule has 1 heterocycles. The van der Waals surface area contributed by atoms with Gasteiger partial charge in [-0.25, -0.2) is 0 Å². The van der Waals surface area contributed by atoms with Crippen molar-refractivity contribution >= 4 is 6.29 Å². The summed E-state index contributed by atoms with van der Waals surface area (Å²) in [5, 5.41) is 0. The van der Waals surface area contributed by atoms with Crippen LogP contribution in [-0.4, -0.2) is 43.5 Å². The molecule has 2 unspecified atom stereocenters. The first-order chi connectivity index (χ1) is 12.2. The molecule has 2 aliphatic rings. The van der Waals surface area contributed by atoms with Gasteiger partial charge < -0.3 is 14.4 Å². The predicted molar refractivity (Wildman–Crippen MR) is 104 cm³/mol. The van der Waals surface area contributed by atoms with Crippen molar-refractivity contribution in [1.82, 2.24) is 4.90 Å². The summed E-state index contributed by atoms with van der Waals surface area (Å²) in [6.07, 6.45) is 8.35. The molecular formula is C22H35NO2. The third-order valence-corrected chi connectivity index (χ3v) is 5.77. The van der Waals surface area contributed by atoms with E-state index < -0.39 is 0 Å². The van der Waals surface area contributed by atoms with Gasteiger partial charge in [0.05, 0.1) is 12.7 Å². The first-order valence-electron chi connectivity index (χ1n) is 9.96. The van der Waals surface area contributed by atoms with E-state index in [0.29, 0.717) is 18.6 Å². The van der Waals surface area contributed by atoms with Crippen LogP contribution in [0.4, 0.5) is 0 Å². The van der Waals surface area contributed by atoms with Gasteiger partial charge in [-0.1, -0.05) is 44.2 Å². The Morgan fingerprint density at radius 1 is 1.12 bits per heavy atom. The largest absolute Gasteiger partial charge is 0.377 e. The minimum Gasteiger partial charge on any atom is -0.377 e. The number of likely N-dealkylation sites (tertiary alicyclic amines) is 1. The Bertz CT molecular complexity index is 472. The summed E-state index contributed by atoms with van der Waals surface area (Å²) in [6, 6.07) is 11.6. The Hall–Kier alpha value is -1.19. The molecule has 1 aliphatic heterocycles. The zero-order valence-corrected chi connectivity index (χ0v) is 16.2. The van der Waals surface area contributed by atoms with Crippen molar-refractivity contribution in [2.24, 2.45) is 5.92 Å². The van der Waals surface area contributed by atoms with Crippen LogP contribution in [0, 0.1) is 5.92 Å². The molecule has 3 nitrogen and oxygen atoms in total. The smallest absolute Gasteiger partial charge is 0.119 e. The molecule has 1 saturated heterocycles. The van der Waals surface area contributed by atoms with Crippen molar-refractivity contribution in [3.63, 3.8) is 0 Å². The number of carbonyl (C=O) groups is 1. The fourth-order valence-corrected chi connectivity index (χ4v) is 4.01. The molecule has 1 aromatic carbocycles. The summed E-state index contributed by atoms with van der Waals surface area (Å²) < 4.78 is 6.25. The molecular weight excluding hydrogens is 310 g/mol. The second-order valence-electron chi connectivity index (χ2n) is 7.61. The molecule has 3 heteroatoms. The van der Waals surface area contributed by atoms with Crippen LogP contribution in [0.15, 0.2) is 30.3 Å². The van der Waals surface area contributed by atoms with Crippen LogP contribution in [0.3, 0.4) is 0 Å². The monoisotopic (exact) mass is 345 g/mol. The van der Waals surface area contributed by atoms with Gasteiger partial charge in [0, 0.05) is 12.5 Å². The molecule has 0 aromatic heterocycles. The van der Waals surface area contributed by atoms with E-state index in [1.165, 1.54) is 44.2 Å². The minimum atomic E-state index is 0.492. The second-order valence-corrected chi connectivity index (χ2v) is 7.61. The SMILES string of the molecule is CC1CCN(C)C1COC1CCC(c2ccccc2)CC1.CCC=O. The molecule has 0 amide bonds. The van der Waals surface area contributed by atoms with E-state index in [1.807, 2.05) is 6.92 Å². The summed E-state index contributed by atoms with van der Waals surface area (Å²) in [5.41, 5.74) is 1.51. The van der Waals surface area contributed by atoms with E-state index in [2.05, 4.69) is 49.2 Å². The van der Waals surface area contributed by atoms with Crippen molar-refractivity contribution in [2.75, 3.05) is 20.2 Å². The number of nitrogens with zero attached hydrogens (tertiary/aromatic N) is 1. The summed E-state index contributed by atoms with van der Waals surface area (Å²) in [7, 11) is 2.24. The third kappa shape index (κ3) is 6.23. The first-order valence-corrected chi connectivity index (χ1v) is 9.96. The van der Waals surface area contributed by atoms with E-state index in [4.69, 9.17) is 4.74 Å². The van der Waals surface area contributed by atoms with Gasteiger partial charge in [0.25, 0.3) is 0 Å². The van der Waals surface area contributed by atoms with Gasteiger partial charge in [-0.15, -0.1) is 0 Å². The molecule has 0 spiro atoms. The maximum absolute atomic E-state index is 9.17. The van der Waals surface area contributed by atoms with E-state index in [9.17, 15) is 4.79 Å². The fourth-order valence-electron chi connectivity index (χ4n) is 4.01. The van der Waals surface area contributed by atoms with Crippen molar-refractivity contribution in [2.45, 2.75) is 70.4 Å². The van der Waals surface area contributed by atoms with Gasteiger partial charge in [-0.05, 0) is 63.1 Å². The van der Waals surface area contributed by atoms with Gasteiger partial charge >= 0.3 is 0 Å². The number of carbonyl (C=O) groups excluding carboxylic acids is 1. The molecule has 0 N–H and O–H groups in total. The number of benzene rings is 1. The number of likely N-dealkylation sites (N-methyl/N-ethyl adjacent to an activating group) is 1. The number of rotatable bonds is 5. The lowest BCUT2D eigenvalue weighted by molar-refractivity contribution is -0.107. The highest BCUT2D eigenvalue weighted by atomic mass is 16.5. The van der Waals surface area contributed by atoms with E-state index in [0.717, 1.165) is 24.7 Å². The normalized spacial score (nSPS) is 29.7. The third-order valence-electron chi connectivity index (χ3n) is 5.77. The zero-order valence-electron chi connectivity index (χ0n) is 16.2. The Balaban J connectivity index is 0.000000511. The van der Waals surface area contributed by atoms with Crippen molar-refractivity contribution in [1.29, 1.82) is 0 Å². The highest BCUT2D eigenvalue weighted by Crippen LogP contribution is 2.34. The molecule has 25 heavy (non-hydrogen) atoms. The molecule has 0 bridgehead atoms. The molecule has 2 fully saturated rings. The lowest BCUT2D eigenvalue weighted by Crippen LogP contribution is -2.35. The molecule has 1 aliphatic carbocycles. The van der Waals surface area contributed by atoms with Crippen molar-refractivity contribution in [3.05, 3.63) is 35.9 Å². The van der Waals surface area contributed by atoms with Crippen molar-refractivity contribution in [3.8, 4) is 0 Å². The van der Waals surface area contributed by atoms with Gasteiger partial charge in [0.1, 0.15) is 6.29 Å². The summed E-state index contributed by atoms with van der Waals surface area (Å²) in [5.74, 6) is 1.54. The summed E-state index contributed by atoms with van der Waals surface area (Å²) in [6.45, 7) is 6.34.